The fourth-order valence-corrected chi connectivity index (χ4v) is 1.31. The van der Waals surface area contributed by atoms with E-state index in [0.29, 0.717) is 6.42 Å². The number of nitrogen functional groups attached to an aromatic ring is 1. The molecule has 0 spiro atoms. The Bertz CT molecular complexity index is 471. The van der Waals surface area contributed by atoms with Gasteiger partial charge in [-0.05, 0) is 20.3 Å². The van der Waals surface area contributed by atoms with Gasteiger partial charge in [-0.25, -0.2) is 14.3 Å². The van der Waals surface area contributed by atoms with Crippen molar-refractivity contribution in [2.75, 3.05) is 12.8 Å². The van der Waals surface area contributed by atoms with Gasteiger partial charge in [0.25, 0.3) is 0 Å². The lowest BCUT2D eigenvalue weighted by molar-refractivity contribution is -0.152. The molecule has 1 heterocycles. The van der Waals surface area contributed by atoms with Gasteiger partial charge in [0.2, 0.25) is 5.69 Å². The van der Waals surface area contributed by atoms with Crippen LogP contribution in [0, 0.1) is 0 Å². The number of carbonyl (C=O) groups is 2. The molecule has 106 valence electrons. The van der Waals surface area contributed by atoms with Crippen molar-refractivity contribution in [2.24, 2.45) is 0 Å². The van der Waals surface area contributed by atoms with Crippen molar-refractivity contribution < 1.29 is 19.1 Å². The minimum atomic E-state index is -0.764. The number of ether oxygens (including phenoxy) is 2. The summed E-state index contributed by atoms with van der Waals surface area (Å²) < 4.78 is 10.8. The van der Waals surface area contributed by atoms with E-state index >= 15 is 0 Å². The SMILES string of the molecule is CCC(C)OC(=O)C(C)n1nnc(C(=O)OC)c1N. The first-order valence-electron chi connectivity index (χ1n) is 5.91. The third kappa shape index (κ3) is 3.21. The van der Waals surface area contributed by atoms with E-state index in [4.69, 9.17) is 10.5 Å². The van der Waals surface area contributed by atoms with Crippen LogP contribution in [0.15, 0.2) is 0 Å². The first-order chi connectivity index (χ1) is 8.92. The predicted molar refractivity (Wildman–Crippen MR) is 66.3 cm³/mol. The van der Waals surface area contributed by atoms with Gasteiger partial charge in [-0.1, -0.05) is 12.1 Å². The van der Waals surface area contributed by atoms with Crippen molar-refractivity contribution in [2.45, 2.75) is 39.3 Å². The molecule has 2 N–H and O–H groups in total. The second kappa shape index (κ2) is 6.17. The van der Waals surface area contributed by atoms with Crippen molar-refractivity contribution in [1.82, 2.24) is 15.0 Å². The van der Waals surface area contributed by atoms with Crippen LogP contribution in [0.25, 0.3) is 0 Å². The Labute approximate surface area is 110 Å². The number of esters is 2. The quantitative estimate of drug-likeness (QED) is 0.778. The van der Waals surface area contributed by atoms with Gasteiger partial charge in [-0.3, -0.25) is 0 Å². The number of rotatable bonds is 5. The Kier molecular flexibility index (Phi) is 4.85. The summed E-state index contributed by atoms with van der Waals surface area (Å²) in [6.45, 7) is 5.26. The van der Waals surface area contributed by atoms with Crippen LogP contribution in [-0.2, 0) is 14.3 Å². The Balaban J connectivity index is 2.89. The van der Waals surface area contributed by atoms with E-state index in [0.717, 1.165) is 4.68 Å². The van der Waals surface area contributed by atoms with Crippen molar-refractivity contribution >= 4 is 17.8 Å². The highest BCUT2D eigenvalue weighted by Crippen LogP contribution is 2.17. The molecule has 0 amide bonds. The molecule has 0 aliphatic rings. The molecule has 0 aromatic carbocycles. The van der Waals surface area contributed by atoms with Crippen LogP contribution in [0.1, 0.15) is 43.7 Å². The Morgan fingerprint density at radius 1 is 1.42 bits per heavy atom. The highest BCUT2D eigenvalue weighted by molar-refractivity contribution is 5.92. The van der Waals surface area contributed by atoms with E-state index < -0.39 is 18.0 Å². The van der Waals surface area contributed by atoms with Gasteiger partial charge in [0.1, 0.15) is 0 Å². The summed E-state index contributed by atoms with van der Waals surface area (Å²) >= 11 is 0. The van der Waals surface area contributed by atoms with Crippen LogP contribution in [0.3, 0.4) is 0 Å². The number of aromatic nitrogens is 3. The van der Waals surface area contributed by atoms with E-state index in [-0.39, 0.29) is 17.6 Å². The van der Waals surface area contributed by atoms with Crippen molar-refractivity contribution in [3.05, 3.63) is 5.69 Å². The fourth-order valence-electron chi connectivity index (χ4n) is 1.31. The number of anilines is 1. The maximum Gasteiger partial charge on any atom is 0.362 e. The van der Waals surface area contributed by atoms with E-state index in [1.807, 2.05) is 6.92 Å². The van der Waals surface area contributed by atoms with Gasteiger partial charge in [-0.15, -0.1) is 5.10 Å². The third-order valence-corrected chi connectivity index (χ3v) is 2.71. The molecule has 2 atom stereocenters. The summed E-state index contributed by atoms with van der Waals surface area (Å²) in [5.41, 5.74) is 5.59. The van der Waals surface area contributed by atoms with Gasteiger partial charge in [0.05, 0.1) is 13.2 Å². The predicted octanol–water partition coefficient (Wildman–Crippen LogP) is 0.550. The zero-order valence-corrected chi connectivity index (χ0v) is 11.4. The highest BCUT2D eigenvalue weighted by Gasteiger charge is 2.26. The summed E-state index contributed by atoms with van der Waals surface area (Å²) in [6, 6.07) is -0.764. The van der Waals surface area contributed by atoms with Crippen LogP contribution in [0.2, 0.25) is 0 Å². The van der Waals surface area contributed by atoms with Gasteiger partial charge in [0.15, 0.2) is 11.9 Å². The van der Waals surface area contributed by atoms with Crippen LogP contribution < -0.4 is 5.73 Å². The molecule has 1 aromatic rings. The van der Waals surface area contributed by atoms with Crippen molar-refractivity contribution in [1.29, 1.82) is 0 Å². The first kappa shape index (κ1) is 14.9. The molecule has 2 unspecified atom stereocenters. The van der Waals surface area contributed by atoms with Crippen LogP contribution in [0.4, 0.5) is 5.82 Å². The summed E-state index contributed by atoms with van der Waals surface area (Å²) in [4.78, 5) is 23.2. The van der Waals surface area contributed by atoms with Gasteiger partial charge in [-0.2, -0.15) is 0 Å². The molecule has 1 aromatic heterocycles. The van der Waals surface area contributed by atoms with Crippen molar-refractivity contribution in [3.8, 4) is 0 Å². The molecule has 0 saturated heterocycles. The molecular formula is C11H18N4O4. The largest absolute Gasteiger partial charge is 0.464 e. The number of methoxy groups -OCH3 is 1. The maximum absolute atomic E-state index is 11.8. The van der Waals surface area contributed by atoms with Crippen LogP contribution >= 0.6 is 0 Å². The summed E-state index contributed by atoms with van der Waals surface area (Å²) in [7, 11) is 1.21. The molecule has 0 saturated carbocycles. The summed E-state index contributed by atoms with van der Waals surface area (Å²) in [5.74, 6) is -1.21. The normalized spacial score (nSPS) is 13.7. The lowest BCUT2D eigenvalue weighted by atomic mass is 10.3. The number of hydrogen-bond acceptors (Lipinski definition) is 7. The maximum atomic E-state index is 11.8. The van der Waals surface area contributed by atoms with Gasteiger partial charge >= 0.3 is 11.9 Å². The van der Waals surface area contributed by atoms with E-state index in [1.165, 1.54) is 7.11 Å². The van der Waals surface area contributed by atoms with Crippen molar-refractivity contribution in [3.63, 3.8) is 0 Å². The number of nitrogens with two attached hydrogens (primary N) is 1. The monoisotopic (exact) mass is 270 g/mol. The Morgan fingerprint density at radius 2 is 2.05 bits per heavy atom. The molecule has 1 rings (SSSR count). The molecule has 19 heavy (non-hydrogen) atoms. The van der Waals surface area contributed by atoms with Crippen LogP contribution in [-0.4, -0.2) is 40.1 Å². The topological polar surface area (TPSA) is 109 Å². The second-order valence-corrected chi connectivity index (χ2v) is 4.09. The molecule has 0 aliphatic heterocycles. The molecular weight excluding hydrogens is 252 g/mol. The summed E-state index contributed by atoms with van der Waals surface area (Å²) in [6.07, 6.45) is 0.512. The zero-order chi connectivity index (χ0) is 14.6. The first-order valence-corrected chi connectivity index (χ1v) is 5.91. The van der Waals surface area contributed by atoms with Crippen LogP contribution in [0.5, 0.6) is 0 Å². The number of carbonyl (C=O) groups excluding carboxylic acids is 2. The van der Waals surface area contributed by atoms with Gasteiger partial charge < -0.3 is 15.2 Å². The van der Waals surface area contributed by atoms with Gasteiger partial charge in [0, 0.05) is 0 Å². The van der Waals surface area contributed by atoms with E-state index in [9.17, 15) is 9.59 Å². The summed E-state index contributed by atoms with van der Waals surface area (Å²) in [5, 5.41) is 7.27. The smallest absolute Gasteiger partial charge is 0.362 e. The van der Waals surface area contributed by atoms with E-state index in [1.54, 1.807) is 13.8 Å². The average molecular weight is 270 g/mol. The third-order valence-electron chi connectivity index (χ3n) is 2.71. The molecule has 0 aliphatic carbocycles. The molecule has 8 heteroatoms. The number of hydrogen-bond donors (Lipinski definition) is 1. The lowest BCUT2D eigenvalue weighted by Gasteiger charge is -2.16. The minimum Gasteiger partial charge on any atom is -0.464 e. The van der Waals surface area contributed by atoms with E-state index in [2.05, 4.69) is 15.0 Å². The minimum absolute atomic E-state index is 0.0274. The second-order valence-electron chi connectivity index (χ2n) is 4.09. The fraction of sp³-hybridized carbons (Fsp3) is 0.636. The molecule has 0 fully saturated rings. The molecule has 0 bridgehead atoms. The lowest BCUT2D eigenvalue weighted by Crippen LogP contribution is -2.25. The molecule has 0 radical (unpaired) electrons. The average Bonchev–Trinajstić information content (AvgIpc) is 2.78. The number of nitrogens with zero attached hydrogens (tertiary/aromatic N) is 3. The highest BCUT2D eigenvalue weighted by atomic mass is 16.5. The standard InChI is InChI=1S/C11H18N4O4/c1-5-6(2)19-10(16)7(3)15-9(12)8(13-14-15)11(17)18-4/h6-7H,5,12H2,1-4H3. The zero-order valence-electron chi connectivity index (χ0n) is 11.4. The molecule has 8 nitrogen and oxygen atoms in total. The Morgan fingerprint density at radius 3 is 2.58 bits per heavy atom. The Hall–Kier alpha value is -2.12.